The molecule has 0 aromatic carbocycles. The van der Waals surface area contributed by atoms with Gasteiger partial charge in [-0.15, -0.1) is 0 Å². The van der Waals surface area contributed by atoms with E-state index < -0.39 is 0 Å². The van der Waals surface area contributed by atoms with Crippen molar-refractivity contribution in [1.82, 2.24) is 4.98 Å². The van der Waals surface area contributed by atoms with Gasteiger partial charge in [-0.25, -0.2) is 0 Å². The number of carbonyl (C=O) groups excluding carboxylic acids is 1. The molecular formula is C13H10N2O2. The predicted octanol–water partition coefficient (Wildman–Crippen LogP) is 1.61. The number of rotatable bonds is 3. The van der Waals surface area contributed by atoms with E-state index in [1.807, 2.05) is 0 Å². The fourth-order valence-electron chi connectivity index (χ4n) is 1.34. The molecule has 0 bridgehead atoms. The van der Waals surface area contributed by atoms with Crippen molar-refractivity contribution in [3.63, 3.8) is 0 Å². The molecule has 2 aromatic rings. The second-order valence-corrected chi connectivity index (χ2v) is 3.43. The Hall–Kier alpha value is -2.49. The quantitative estimate of drug-likeness (QED) is 0.346. The Morgan fingerprint density at radius 3 is 2.76 bits per heavy atom. The number of hydrogen-bond donors (Lipinski definition) is 0. The van der Waals surface area contributed by atoms with Gasteiger partial charge in [0.05, 0.1) is 5.56 Å². The minimum Gasteiger partial charge on any atom is -0.619 e. The molecule has 17 heavy (non-hydrogen) atoms. The lowest BCUT2D eigenvalue weighted by Gasteiger charge is -1.97. The van der Waals surface area contributed by atoms with Gasteiger partial charge in [0.15, 0.2) is 18.2 Å². The standard InChI is InChI=1S/C13H10N2O2/c16-13(12-2-1-9-15(17)10-12)4-3-11-5-7-14-8-6-11/h1-10H/b4-3+. The molecule has 0 aliphatic rings. The number of ketones is 1. The van der Waals surface area contributed by atoms with Crippen LogP contribution in [0.2, 0.25) is 0 Å². The van der Waals surface area contributed by atoms with Gasteiger partial charge in [0.25, 0.3) is 0 Å². The molecule has 0 saturated heterocycles. The van der Waals surface area contributed by atoms with Crippen molar-refractivity contribution in [3.8, 4) is 0 Å². The second kappa shape index (κ2) is 5.03. The molecule has 2 rings (SSSR count). The van der Waals surface area contributed by atoms with E-state index in [0.717, 1.165) is 5.56 Å². The second-order valence-electron chi connectivity index (χ2n) is 3.43. The van der Waals surface area contributed by atoms with Gasteiger partial charge >= 0.3 is 0 Å². The Kier molecular flexibility index (Phi) is 3.25. The minimum atomic E-state index is -0.202. The van der Waals surface area contributed by atoms with Gasteiger partial charge in [0, 0.05) is 18.5 Å². The molecule has 0 aliphatic carbocycles. The molecule has 0 radical (unpaired) electrons. The largest absolute Gasteiger partial charge is 0.619 e. The van der Waals surface area contributed by atoms with Crippen molar-refractivity contribution >= 4 is 11.9 Å². The summed E-state index contributed by atoms with van der Waals surface area (Å²) in [5.41, 5.74) is 1.26. The normalized spacial score (nSPS) is 10.6. The first-order valence-corrected chi connectivity index (χ1v) is 5.07. The molecule has 84 valence electrons. The van der Waals surface area contributed by atoms with Crippen molar-refractivity contribution < 1.29 is 9.52 Å². The van der Waals surface area contributed by atoms with E-state index in [1.165, 1.54) is 18.5 Å². The molecular weight excluding hydrogens is 216 g/mol. The number of aromatic nitrogens is 2. The van der Waals surface area contributed by atoms with Gasteiger partial charge in [0.2, 0.25) is 0 Å². The summed E-state index contributed by atoms with van der Waals surface area (Å²) >= 11 is 0. The number of pyridine rings is 2. The van der Waals surface area contributed by atoms with Crippen LogP contribution in [0.1, 0.15) is 15.9 Å². The van der Waals surface area contributed by atoms with E-state index in [9.17, 15) is 10.0 Å². The fraction of sp³-hybridized carbons (Fsp3) is 0. The Labute approximate surface area is 98.5 Å². The highest BCUT2D eigenvalue weighted by Crippen LogP contribution is 2.03. The molecule has 0 amide bonds. The maximum absolute atomic E-state index is 11.7. The molecule has 0 atom stereocenters. The Balaban J connectivity index is 2.15. The summed E-state index contributed by atoms with van der Waals surface area (Å²) in [6.45, 7) is 0. The summed E-state index contributed by atoms with van der Waals surface area (Å²) in [5.74, 6) is -0.202. The molecule has 4 nitrogen and oxygen atoms in total. The van der Waals surface area contributed by atoms with E-state index in [2.05, 4.69) is 4.98 Å². The molecule has 0 fully saturated rings. The van der Waals surface area contributed by atoms with Crippen LogP contribution in [0.5, 0.6) is 0 Å². The van der Waals surface area contributed by atoms with E-state index in [0.29, 0.717) is 10.3 Å². The zero-order chi connectivity index (χ0) is 12.1. The molecule has 0 saturated carbocycles. The third-order valence-electron chi connectivity index (χ3n) is 2.19. The van der Waals surface area contributed by atoms with E-state index in [1.54, 1.807) is 42.7 Å². The minimum absolute atomic E-state index is 0.202. The van der Waals surface area contributed by atoms with Crippen LogP contribution in [0.15, 0.2) is 55.1 Å². The van der Waals surface area contributed by atoms with Crippen LogP contribution in [0, 0.1) is 5.21 Å². The molecule has 0 aliphatic heterocycles. The zero-order valence-electron chi connectivity index (χ0n) is 8.98. The molecule has 0 spiro atoms. The van der Waals surface area contributed by atoms with Crippen molar-refractivity contribution in [2.75, 3.05) is 0 Å². The van der Waals surface area contributed by atoms with Crippen LogP contribution in [0.3, 0.4) is 0 Å². The first-order chi connectivity index (χ1) is 8.25. The van der Waals surface area contributed by atoms with Crippen LogP contribution in [0.25, 0.3) is 6.08 Å². The van der Waals surface area contributed by atoms with Crippen LogP contribution in [-0.2, 0) is 0 Å². The molecule has 2 heterocycles. The van der Waals surface area contributed by atoms with Gasteiger partial charge in [-0.05, 0) is 29.8 Å². The van der Waals surface area contributed by atoms with Gasteiger partial charge in [-0.2, -0.15) is 4.73 Å². The Morgan fingerprint density at radius 1 is 1.29 bits per heavy atom. The van der Waals surface area contributed by atoms with E-state index >= 15 is 0 Å². The third-order valence-corrected chi connectivity index (χ3v) is 2.19. The molecule has 4 heteroatoms. The van der Waals surface area contributed by atoms with Gasteiger partial charge < -0.3 is 5.21 Å². The number of hydrogen-bond acceptors (Lipinski definition) is 3. The van der Waals surface area contributed by atoms with Crippen LogP contribution >= 0.6 is 0 Å². The smallest absolute Gasteiger partial charge is 0.191 e. The first-order valence-electron chi connectivity index (χ1n) is 5.07. The number of allylic oxidation sites excluding steroid dienone is 1. The Morgan fingerprint density at radius 2 is 2.06 bits per heavy atom. The van der Waals surface area contributed by atoms with Crippen molar-refractivity contribution in [3.05, 3.63) is 71.5 Å². The van der Waals surface area contributed by atoms with E-state index in [-0.39, 0.29) is 5.78 Å². The molecule has 2 aromatic heterocycles. The SMILES string of the molecule is O=C(/C=C/c1ccncc1)c1ccc[n+]([O-])c1. The summed E-state index contributed by atoms with van der Waals surface area (Å²) in [5, 5.41) is 11.0. The molecule has 0 unspecified atom stereocenters. The maximum atomic E-state index is 11.7. The van der Waals surface area contributed by atoms with Gasteiger partial charge in [-0.3, -0.25) is 9.78 Å². The fourth-order valence-corrected chi connectivity index (χ4v) is 1.34. The monoisotopic (exact) mass is 226 g/mol. The number of carbonyl (C=O) groups is 1. The summed E-state index contributed by atoms with van der Waals surface area (Å²) in [7, 11) is 0. The number of nitrogens with zero attached hydrogens (tertiary/aromatic N) is 2. The topological polar surface area (TPSA) is 56.9 Å². The van der Waals surface area contributed by atoms with Gasteiger partial charge in [-0.1, -0.05) is 6.08 Å². The summed E-state index contributed by atoms with van der Waals surface area (Å²) in [6, 6.07) is 6.74. The predicted molar refractivity (Wildman–Crippen MR) is 63.0 cm³/mol. The lowest BCUT2D eigenvalue weighted by Crippen LogP contribution is -2.25. The highest BCUT2D eigenvalue weighted by molar-refractivity contribution is 6.06. The summed E-state index contributed by atoms with van der Waals surface area (Å²) in [6.07, 6.45) is 9.01. The zero-order valence-corrected chi connectivity index (χ0v) is 8.98. The summed E-state index contributed by atoms with van der Waals surface area (Å²) in [4.78, 5) is 15.6. The van der Waals surface area contributed by atoms with Crippen molar-refractivity contribution in [2.24, 2.45) is 0 Å². The third kappa shape index (κ3) is 2.98. The lowest BCUT2D eigenvalue weighted by atomic mass is 10.1. The highest BCUT2D eigenvalue weighted by atomic mass is 16.5. The van der Waals surface area contributed by atoms with Crippen LogP contribution < -0.4 is 4.73 Å². The summed E-state index contributed by atoms with van der Waals surface area (Å²) < 4.78 is 0.605. The Bertz CT molecular complexity index is 550. The highest BCUT2D eigenvalue weighted by Gasteiger charge is 2.04. The van der Waals surface area contributed by atoms with Gasteiger partial charge in [0.1, 0.15) is 0 Å². The average Bonchev–Trinajstić information content (AvgIpc) is 2.37. The maximum Gasteiger partial charge on any atom is 0.191 e. The first kappa shape index (κ1) is 11.0. The van der Waals surface area contributed by atoms with Crippen molar-refractivity contribution in [2.45, 2.75) is 0 Å². The lowest BCUT2D eigenvalue weighted by molar-refractivity contribution is -0.605. The average molecular weight is 226 g/mol. The van der Waals surface area contributed by atoms with Crippen molar-refractivity contribution in [1.29, 1.82) is 0 Å². The van der Waals surface area contributed by atoms with E-state index in [4.69, 9.17) is 0 Å². The molecule has 0 N–H and O–H groups in total. The van der Waals surface area contributed by atoms with Crippen LogP contribution in [0.4, 0.5) is 0 Å². The van der Waals surface area contributed by atoms with Crippen LogP contribution in [-0.4, -0.2) is 10.8 Å².